The Morgan fingerprint density at radius 2 is 2.00 bits per heavy atom. The fourth-order valence-electron chi connectivity index (χ4n) is 1.97. The van der Waals surface area contributed by atoms with Crippen LogP contribution in [0.3, 0.4) is 0 Å². The lowest BCUT2D eigenvalue weighted by Gasteiger charge is -2.17. The van der Waals surface area contributed by atoms with Crippen LogP contribution in [0.4, 0.5) is 0 Å². The van der Waals surface area contributed by atoms with E-state index in [0.29, 0.717) is 6.04 Å². The van der Waals surface area contributed by atoms with E-state index in [2.05, 4.69) is 42.7 Å². The van der Waals surface area contributed by atoms with Crippen LogP contribution in [-0.2, 0) is 0 Å². The van der Waals surface area contributed by atoms with Crippen molar-refractivity contribution < 1.29 is 0 Å². The summed E-state index contributed by atoms with van der Waals surface area (Å²) in [7, 11) is 0. The standard InChI is InChI=1S/C15H18ClNS2/c1-3-17-15(14-8-9-18-11(14)2)10-19-13-6-4-12(16)5-7-13/h4-9,15,17H,3,10H2,1-2H3. The molecule has 2 rings (SSSR count). The number of hydrogen-bond donors (Lipinski definition) is 1. The molecule has 0 aliphatic heterocycles. The summed E-state index contributed by atoms with van der Waals surface area (Å²) < 4.78 is 0. The molecule has 1 heterocycles. The second-order valence-corrected chi connectivity index (χ2v) is 6.96. The highest BCUT2D eigenvalue weighted by Crippen LogP contribution is 2.29. The molecule has 0 bridgehead atoms. The van der Waals surface area contributed by atoms with Crippen LogP contribution < -0.4 is 5.32 Å². The molecule has 0 amide bonds. The van der Waals surface area contributed by atoms with Gasteiger partial charge in [0.25, 0.3) is 0 Å². The van der Waals surface area contributed by atoms with Crippen LogP contribution in [0.5, 0.6) is 0 Å². The van der Waals surface area contributed by atoms with Gasteiger partial charge in [-0.1, -0.05) is 18.5 Å². The fraction of sp³-hybridized carbons (Fsp3) is 0.333. The van der Waals surface area contributed by atoms with Gasteiger partial charge in [-0.3, -0.25) is 0 Å². The number of aryl methyl sites for hydroxylation is 1. The molecular weight excluding hydrogens is 294 g/mol. The molecule has 1 nitrogen and oxygen atoms in total. The second-order valence-electron chi connectivity index (χ2n) is 4.31. The van der Waals surface area contributed by atoms with Gasteiger partial charge >= 0.3 is 0 Å². The molecule has 4 heteroatoms. The first-order valence-electron chi connectivity index (χ1n) is 6.36. The summed E-state index contributed by atoms with van der Waals surface area (Å²) >= 11 is 9.59. The fourth-order valence-corrected chi connectivity index (χ4v) is 3.85. The molecule has 1 aromatic heterocycles. The van der Waals surface area contributed by atoms with E-state index in [1.165, 1.54) is 15.3 Å². The summed E-state index contributed by atoms with van der Waals surface area (Å²) in [6.07, 6.45) is 0. The Bertz CT molecular complexity index is 507. The maximum Gasteiger partial charge on any atom is 0.0426 e. The molecule has 19 heavy (non-hydrogen) atoms. The van der Waals surface area contributed by atoms with Crippen molar-refractivity contribution in [2.75, 3.05) is 12.3 Å². The summed E-state index contributed by atoms with van der Waals surface area (Å²) in [5.74, 6) is 1.03. The zero-order valence-electron chi connectivity index (χ0n) is 11.2. The monoisotopic (exact) mass is 311 g/mol. The molecule has 0 fully saturated rings. The van der Waals surface area contributed by atoms with E-state index in [4.69, 9.17) is 11.6 Å². The normalized spacial score (nSPS) is 12.6. The van der Waals surface area contributed by atoms with Gasteiger partial charge in [-0.2, -0.15) is 0 Å². The van der Waals surface area contributed by atoms with Crippen LogP contribution in [0.15, 0.2) is 40.6 Å². The average Bonchev–Trinajstić information content (AvgIpc) is 2.83. The van der Waals surface area contributed by atoms with Gasteiger partial charge in [-0.15, -0.1) is 23.1 Å². The maximum atomic E-state index is 5.91. The summed E-state index contributed by atoms with van der Waals surface area (Å²) in [5, 5.41) is 6.53. The van der Waals surface area contributed by atoms with Crippen molar-refractivity contribution in [3.63, 3.8) is 0 Å². The number of hydrogen-bond acceptors (Lipinski definition) is 3. The molecule has 0 saturated carbocycles. The van der Waals surface area contributed by atoms with E-state index >= 15 is 0 Å². The highest BCUT2D eigenvalue weighted by atomic mass is 35.5. The Morgan fingerprint density at radius 3 is 2.58 bits per heavy atom. The van der Waals surface area contributed by atoms with Gasteiger partial charge < -0.3 is 5.32 Å². The Hall–Kier alpha value is -0.480. The number of halogens is 1. The van der Waals surface area contributed by atoms with Crippen molar-refractivity contribution >= 4 is 34.7 Å². The van der Waals surface area contributed by atoms with Crippen LogP contribution in [-0.4, -0.2) is 12.3 Å². The number of nitrogens with one attached hydrogen (secondary N) is 1. The van der Waals surface area contributed by atoms with Crippen molar-refractivity contribution in [3.8, 4) is 0 Å². The first-order chi connectivity index (χ1) is 9.20. The number of thioether (sulfide) groups is 1. The topological polar surface area (TPSA) is 12.0 Å². The first kappa shape index (κ1) is 14.9. The molecule has 1 atom stereocenters. The third kappa shape index (κ3) is 4.25. The molecule has 0 radical (unpaired) electrons. The lowest BCUT2D eigenvalue weighted by Crippen LogP contribution is -2.23. The summed E-state index contributed by atoms with van der Waals surface area (Å²) in [6, 6.07) is 10.7. The van der Waals surface area contributed by atoms with E-state index in [0.717, 1.165) is 17.3 Å². The van der Waals surface area contributed by atoms with Crippen molar-refractivity contribution in [1.82, 2.24) is 5.32 Å². The minimum atomic E-state index is 0.414. The van der Waals surface area contributed by atoms with Gasteiger partial charge in [-0.05, 0) is 54.7 Å². The van der Waals surface area contributed by atoms with E-state index in [1.807, 2.05) is 35.2 Å². The van der Waals surface area contributed by atoms with Crippen LogP contribution >= 0.6 is 34.7 Å². The van der Waals surface area contributed by atoms with Gasteiger partial charge in [0, 0.05) is 26.6 Å². The molecular formula is C15H18ClNS2. The smallest absolute Gasteiger partial charge is 0.0426 e. The predicted molar refractivity (Wildman–Crippen MR) is 87.6 cm³/mol. The van der Waals surface area contributed by atoms with Gasteiger partial charge in [0.05, 0.1) is 0 Å². The quantitative estimate of drug-likeness (QED) is 0.740. The van der Waals surface area contributed by atoms with Crippen molar-refractivity contribution in [1.29, 1.82) is 0 Å². The Balaban J connectivity index is 2.01. The molecule has 0 aliphatic rings. The molecule has 1 unspecified atom stereocenters. The Kier molecular flexibility index (Phi) is 5.76. The summed E-state index contributed by atoms with van der Waals surface area (Å²) in [5.41, 5.74) is 1.42. The largest absolute Gasteiger partial charge is 0.309 e. The Labute approximate surface area is 128 Å². The number of benzene rings is 1. The van der Waals surface area contributed by atoms with Crippen LogP contribution in [0, 0.1) is 6.92 Å². The molecule has 0 aliphatic carbocycles. The number of rotatable bonds is 6. The molecule has 0 saturated heterocycles. The molecule has 102 valence electrons. The second kappa shape index (κ2) is 7.34. The van der Waals surface area contributed by atoms with Crippen LogP contribution in [0.25, 0.3) is 0 Å². The third-order valence-corrected chi connectivity index (χ3v) is 5.17. The maximum absolute atomic E-state index is 5.91. The van der Waals surface area contributed by atoms with E-state index in [-0.39, 0.29) is 0 Å². The lowest BCUT2D eigenvalue weighted by atomic mass is 10.1. The van der Waals surface area contributed by atoms with E-state index < -0.39 is 0 Å². The van der Waals surface area contributed by atoms with Gasteiger partial charge in [0.2, 0.25) is 0 Å². The molecule has 1 N–H and O–H groups in total. The van der Waals surface area contributed by atoms with Crippen LogP contribution in [0.2, 0.25) is 5.02 Å². The van der Waals surface area contributed by atoms with Gasteiger partial charge in [0.1, 0.15) is 0 Å². The molecule has 0 spiro atoms. The minimum absolute atomic E-state index is 0.414. The first-order valence-corrected chi connectivity index (χ1v) is 8.60. The molecule has 1 aromatic carbocycles. The van der Waals surface area contributed by atoms with Gasteiger partial charge in [-0.25, -0.2) is 0 Å². The third-order valence-electron chi connectivity index (χ3n) is 2.96. The number of thiophene rings is 1. The van der Waals surface area contributed by atoms with E-state index in [9.17, 15) is 0 Å². The zero-order valence-corrected chi connectivity index (χ0v) is 13.5. The average molecular weight is 312 g/mol. The molecule has 2 aromatic rings. The zero-order chi connectivity index (χ0) is 13.7. The van der Waals surface area contributed by atoms with E-state index in [1.54, 1.807) is 0 Å². The summed E-state index contributed by atoms with van der Waals surface area (Å²) in [4.78, 5) is 2.67. The highest BCUT2D eigenvalue weighted by Gasteiger charge is 2.13. The van der Waals surface area contributed by atoms with Crippen molar-refractivity contribution in [2.24, 2.45) is 0 Å². The van der Waals surface area contributed by atoms with Crippen molar-refractivity contribution in [2.45, 2.75) is 24.8 Å². The van der Waals surface area contributed by atoms with Gasteiger partial charge in [0.15, 0.2) is 0 Å². The predicted octanol–water partition coefficient (Wildman–Crippen LogP) is 5.15. The SMILES string of the molecule is CCNC(CSc1ccc(Cl)cc1)c1ccsc1C. The Morgan fingerprint density at radius 1 is 1.26 bits per heavy atom. The lowest BCUT2D eigenvalue weighted by molar-refractivity contribution is 0.605. The highest BCUT2D eigenvalue weighted by molar-refractivity contribution is 7.99. The summed E-state index contributed by atoms with van der Waals surface area (Å²) in [6.45, 7) is 5.33. The van der Waals surface area contributed by atoms with Crippen LogP contribution in [0.1, 0.15) is 23.4 Å². The minimum Gasteiger partial charge on any atom is -0.309 e. The van der Waals surface area contributed by atoms with Crippen molar-refractivity contribution in [3.05, 3.63) is 51.2 Å².